The van der Waals surface area contributed by atoms with Crippen molar-refractivity contribution in [1.29, 1.82) is 0 Å². The first-order valence-electron chi connectivity index (χ1n) is 11.3. The molecule has 0 aliphatic carbocycles. The summed E-state index contributed by atoms with van der Waals surface area (Å²) in [5.74, 6) is -4.78. The van der Waals surface area contributed by atoms with Crippen molar-refractivity contribution in [2.24, 2.45) is 17.4 Å². The maximum atomic E-state index is 13.0. The minimum Gasteiger partial charge on any atom is -0.481 e. The molecular weight excluding hydrogens is 450 g/mol. The average Bonchev–Trinajstić information content (AvgIpc) is 2.73. The quantitative estimate of drug-likeness (QED) is 0.107. The number of aliphatic carboxylic acids is 2. The standard InChI is InChI=1S/C21H39N5O8/c1-11(2)10-15(20(32)26-17(12(3)27)21(33)34)25-19(31)14(6-4-5-9-22)24-18(30)13(23)7-8-16(28)29/h11-15,17,27H,4-10,22-23H2,1-3H3,(H,24,30)(H,25,31)(H,26,32)(H,28,29)(H,33,34). The molecule has 5 atom stereocenters. The molecule has 0 heterocycles. The van der Waals surface area contributed by atoms with Gasteiger partial charge in [0.1, 0.15) is 12.1 Å². The predicted octanol–water partition coefficient (Wildman–Crippen LogP) is -1.73. The number of aliphatic hydroxyl groups is 1. The van der Waals surface area contributed by atoms with Crippen molar-refractivity contribution in [3.63, 3.8) is 0 Å². The minimum absolute atomic E-state index is 0.0550. The predicted molar refractivity (Wildman–Crippen MR) is 122 cm³/mol. The van der Waals surface area contributed by atoms with Crippen LogP contribution in [0.15, 0.2) is 0 Å². The summed E-state index contributed by atoms with van der Waals surface area (Å²) < 4.78 is 0. The molecule has 0 saturated carbocycles. The van der Waals surface area contributed by atoms with Gasteiger partial charge in [0.25, 0.3) is 0 Å². The summed E-state index contributed by atoms with van der Waals surface area (Å²) in [4.78, 5) is 60.1. The van der Waals surface area contributed by atoms with Crippen molar-refractivity contribution < 1.29 is 39.3 Å². The SMILES string of the molecule is CC(C)CC(NC(=O)C(CCCCN)NC(=O)C(N)CCC(=O)O)C(=O)NC(C(=O)O)C(C)O. The van der Waals surface area contributed by atoms with Gasteiger partial charge in [-0.2, -0.15) is 0 Å². The zero-order valence-corrected chi connectivity index (χ0v) is 20.0. The third kappa shape index (κ3) is 12.5. The van der Waals surface area contributed by atoms with Crippen LogP contribution < -0.4 is 27.4 Å². The molecule has 0 fully saturated rings. The number of unbranched alkanes of at least 4 members (excludes halogenated alkanes) is 1. The molecule has 10 N–H and O–H groups in total. The second kappa shape index (κ2) is 16.0. The van der Waals surface area contributed by atoms with E-state index in [0.717, 1.165) is 0 Å². The Morgan fingerprint density at radius 3 is 1.85 bits per heavy atom. The molecule has 0 aromatic heterocycles. The summed E-state index contributed by atoms with van der Waals surface area (Å²) >= 11 is 0. The van der Waals surface area contributed by atoms with Crippen molar-refractivity contribution >= 4 is 29.7 Å². The number of rotatable bonds is 17. The number of amides is 3. The van der Waals surface area contributed by atoms with Crippen LogP contribution in [0.1, 0.15) is 59.3 Å². The number of carboxylic acids is 2. The number of carbonyl (C=O) groups excluding carboxylic acids is 3. The van der Waals surface area contributed by atoms with Gasteiger partial charge in [0.05, 0.1) is 12.1 Å². The number of aliphatic hydroxyl groups excluding tert-OH is 1. The van der Waals surface area contributed by atoms with E-state index in [1.165, 1.54) is 6.92 Å². The van der Waals surface area contributed by atoms with Crippen LogP contribution in [0.4, 0.5) is 0 Å². The molecule has 3 amide bonds. The third-order valence-electron chi connectivity index (χ3n) is 4.97. The molecule has 0 aliphatic rings. The van der Waals surface area contributed by atoms with Crippen molar-refractivity contribution in [2.45, 2.75) is 89.6 Å². The molecular formula is C21H39N5O8. The first kappa shape index (κ1) is 31.2. The fourth-order valence-electron chi connectivity index (χ4n) is 3.07. The van der Waals surface area contributed by atoms with Crippen LogP contribution in [0.2, 0.25) is 0 Å². The topological polar surface area (TPSA) is 234 Å². The summed E-state index contributed by atoms with van der Waals surface area (Å²) in [6.45, 7) is 5.19. The molecule has 0 aromatic rings. The normalized spacial score (nSPS) is 15.5. The number of hydrogen-bond acceptors (Lipinski definition) is 8. The third-order valence-corrected chi connectivity index (χ3v) is 4.97. The lowest BCUT2D eigenvalue weighted by molar-refractivity contribution is -0.145. The molecule has 13 heteroatoms. The summed E-state index contributed by atoms with van der Waals surface area (Å²) in [5.41, 5.74) is 11.2. The molecule has 0 aliphatic heterocycles. The van der Waals surface area contributed by atoms with Crippen LogP contribution >= 0.6 is 0 Å². The highest BCUT2D eigenvalue weighted by atomic mass is 16.4. The Hall–Kier alpha value is -2.77. The molecule has 0 spiro atoms. The van der Waals surface area contributed by atoms with Crippen molar-refractivity contribution in [3.05, 3.63) is 0 Å². The van der Waals surface area contributed by atoms with E-state index >= 15 is 0 Å². The van der Waals surface area contributed by atoms with E-state index in [4.69, 9.17) is 16.6 Å². The van der Waals surface area contributed by atoms with Gasteiger partial charge in [-0.05, 0) is 51.5 Å². The second-order valence-corrected chi connectivity index (χ2v) is 8.64. The lowest BCUT2D eigenvalue weighted by atomic mass is 10.0. The Bertz CT molecular complexity index is 701. The Balaban J connectivity index is 5.48. The minimum atomic E-state index is -1.56. The summed E-state index contributed by atoms with van der Waals surface area (Å²) in [5, 5.41) is 34.9. The lowest BCUT2D eigenvalue weighted by Crippen LogP contribution is -2.58. The maximum absolute atomic E-state index is 13.0. The average molecular weight is 490 g/mol. The number of nitrogens with two attached hydrogens (primary N) is 2. The van der Waals surface area contributed by atoms with Gasteiger partial charge in [-0.25, -0.2) is 4.79 Å². The highest BCUT2D eigenvalue weighted by Crippen LogP contribution is 2.09. The molecule has 13 nitrogen and oxygen atoms in total. The number of carboxylic acid groups (broad SMARTS) is 2. The van der Waals surface area contributed by atoms with E-state index in [-0.39, 0.29) is 31.6 Å². The number of nitrogens with one attached hydrogen (secondary N) is 3. The van der Waals surface area contributed by atoms with E-state index in [1.807, 2.05) is 0 Å². The first-order chi connectivity index (χ1) is 15.8. The van der Waals surface area contributed by atoms with Crippen LogP contribution in [0.5, 0.6) is 0 Å². The largest absolute Gasteiger partial charge is 0.481 e. The Morgan fingerprint density at radius 1 is 0.824 bits per heavy atom. The van der Waals surface area contributed by atoms with E-state index < -0.39 is 59.9 Å². The van der Waals surface area contributed by atoms with E-state index in [1.54, 1.807) is 13.8 Å². The van der Waals surface area contributed by atoms with Gasteiger partial charge in [-0.1, -0.05) is 13.8 Å². The van der Waals surface area contributed by atoms with Gasteiger partial charge in [0, 0.05) is 6.42 Å². The second-order valence-electron chi connectivity index (χ2n) is 8.64. The van der Waals surface area contributed by atoms with E-state index in [9.17, 15) is 34.2 Å². The molecule has 0 radical (unpaired) electrons. The van der Waals surface area contributed by atoms with Crippen molar-refractivity contribution in [2.75, 3.05) is 6.54 Å². The van der Waals surface area contributed by atoms with E-state index in [2.05, 4.69) is 16.0 Å². The van der Waals surface area contributed by atoms with Gasteiger partial charge in [-0.3, -0.25) is 19.2 Å². The van der Waals surface area contributed by atoms with E-state index in [0.29, 0.717) is 19.4 Å². The fourth-order valence-corrected chi connectivity index (χ4v) is 3.07. The van der Waals surface area contributed by atoms with Gasteiger partial charge in [-0.15, -0.1) is 0 Å². The molecule has 34 heavy (non-hydrogen) atoms. The summed E-state index contributed by atoms with van der Waals surface area (Å²) in [6.07, 6.45) is -0.366. The molecule has 0 aromatic carbocycles. The zero-order chi connectivity index (χ0) is 26.4. The number of carbonyl (C=O) groups is 5. The molecule has 0 bridgehead atoms. The smallest absolute Gasteiger partial charge is 0.328 e. The highest BCUT2D eigenvalue weighted by molar-refractivity contribution is 5.94. The Morgan fingerprint density at radius 2 is 1.38 bits per heavy atom. The summed E-state index contributed by atoms with van der Waals surface area (Å²) in [7, 11) is 0. The van der Waals surface area contributed by atoms with Gasteiger partial charge < -0.3 is 42.7 Å². The highest BCUT2D eigenvalue weighted by Gasteiger charge is 2.32. The zero-order valence-electron chi connectivity index (χ0n) is 20.0. The number of hydrogen-bond donors (Lipinski definition) is 8. The molecule has 0 saturated heterocycles. The van der Waals surface area contributed by atoms with Gasteiger partial charge >= 0.3 is 11.9 Å². The maximum Gasteiger partial charge on any atom is 0.328 e. The van der Waals surface area contributed by atoms with Crippen molar-refractivity contribution in [3.8, 4) is 0 Å². The lowest BCUT2D eigenvalue weighted by Gasteiger charge is -2.26. The monoisotopic (exact) mass is 489 g/mol. The van der Waals surface area contributed by atoms with Crippen LogP contribution in [0.3, 0.4) is 0 Å². The molecule has 196 valence electrons. The summed E-state index contributed by atoms with van der Waals surface area (Å²) in [6, 6.07) is -4.89. The van der Waals surface area contributed by atoms with Gasteiger partial charge in [0.2, 0.25) is 17.7 Å². The van der Waals surface area contributed by atoms with Crippen LogP contribution in [-0.4, -0.2) is 81.8 Å². The van der Waals surface area contributed by atoms with Crippen LogP contribution in [0, 0.1) is 5.92 Å². The Labute approximate surface area is 199 Å². The van der Waals surface area contributed by atoms with Crippen LogP contribution in [0.25, 0.3) is 0 Å². The van der Waals surface area contributed by atoms with Gasteiger partial charge in [0.15, 0.2) is 6.04 Å². The molecule has 5 unspecified atom stereocenters. The van der Waals surface area contributed by atoms with Crippen LogP contribution in [-0.2, 0) is 24.0 Å². The fraction of sp³-hybridized carbons (Fsp3) is 0.762. The Kier molecular flexibility index (Phi) is 14.7. The first-order valence-corrected chi connectivity index (χ1v) is 11.3. The molecule has 0 rings (SSSR count). The van der Waals surface area contributed by atoms with Crippen molar-refractivity contribution in [1.82, 2.24) is 16.0 Å².